The van der Waals surface area contributed by atoms with Crippen LogP contribution in [0.15, 0.2) is 23.3 Å². The molecule has 0 aliphatic carbocycles. The van der Waals surface area contributed by atoms with Crippen LogP contribution in [0.2, 0.25) is 0 Å². The van der Waals surface area contributed by atoms with E-state index in [-0.39, 0.29) is 30.0 Å². The molecular weight excluding hydrogens is 510 g/mol. The lowest BCUT2D eigenvalue weighted by Gasteiger charge is -2.33. The fraction of sp³-hybridized carbons (Fsp3) is 0.684. The number of hydrogen-bond donors (Lipinski definition) is 2. The molecule has 11 heteroatoms. The average Bonchev–Trinajstić information content (AvgIpc) is 3.11. The topological polar surface area (TPSA) is 59.0 Å². The number of aromatic nitrogens is 1. The smallest absolute Gasteiger partial charge is 0.354 e. The maximum absolute atomic E-state index is 12.5. The standard InChI is InChI=1S/C19H30F3N7.HI/c1-23-18(26-16-4-6-28(13-16)14-19(20,21)22)25-12-15-3-5-24-17(11-15)29-9-7-27(2)8-10-29;/h3,5,11,16H,4,6-10,12-14H2,1-2H3,(H2,23,25,26);1H. The van der Waals surface area contributed by atoms with E-state index in [1.165, 1.54) is 4.90 Å². The first-order chi connectivity index (χ1) is 13.8. The van der Waals surface area contributed by atoms with E-state index >= 15 is 0 Å². The summed E-state index contributed by atoms with van der Waals surface area (Å²) in [5.74, 6) is 1.57. The lowest BCUT2D eigenvalue weighted by atomic mass is 10.2. The summed E-state index contributed by atoms with van der Waals surface area (Å²) in [6.07, 6.45) is -1.68. The van der Waals surface area contributed by atoms with Gasteiger partial charge in [-0.2, -0.15) is 13.2 Å². The number of pyridine rings is 1. The Morgan fingerprint density at radius 2 is 1.97 bits per heavy atom. The third kappa shape index (κ3) is 7.73. The number of guanidine groups is 1. The van der Waals surface area contributed by atoms with Crippen LogP contribution >= 0.6 is 24.0 Å². The van der Waals surface area contributed by atoms with Crippen molar-refractivity contribution in [1.82, 2.24) is 25.4 Å². The fourth-order valence-corrected chi connectivity index (χ4v) is 3.70. The first-order valence-corrected chi connectivity index (χ1v) is 9.97. The van der Waals surface area contributed by atoms with Crippen LogP contribution in [0.5, 0.6) is 0 Å². The second kappa shape index (κ2) is 11.3. The lowest BCUT2D eigenvalue weighted by molar-refractivity contribution is -0.143. The Bertz CT molecular complexity index is 693. The Kier molecular flexibility index (Phi) is 9.41. The Hall–Kier alpha value is -1.34. The number of nitrogens with zero attached hydrogens (tertiary/aromatic N) is 5. The second-order valence-electron chi connectivity index (χ2n) is 7.72. The third-order valence-electron chi connectivity index (χ3n) is 5.34. The molecular formula is C19H31F3IN7. The molecule has 2 aliphatic heterocycles. The SMILES string of the molecule is CN=C(NCc1ccnc(N2CCN(C)CC2)c1)NC1CCN(CC(F)(F)F)C1.I. The van der Waals surface area contributed by atoms with Gasteiger partial charge in [-0.25, -0.2) is 4.98 Å². The summed E-state index contributed by atoms with van der Waals surface area (Å²) < 4.78 is 37.6. The number of alkyl halides is 3. The van der Waals surface area contributed by atoms with Gasteiger partial charge in [0.15, 0.2) is 5.96 Å². The van der Waals surface area contributed by atoms with E-state index in [9.17, 15) is 13.2 Å². The molecule has 0 amide bonds. The summed E-state index contributed by atoms with van der Waals surface area (Å²) in [6.45, 7) is 4.47. The van der Waals surface area contributed by atoms with Gasteiger partial charge in [0.05, 0.1) is 6.54 Å². The number of rotatable bonds is 5. The zero-order valence-corrected chi connectivity index (χ0v) is 19.8. The molecule has 2 saturated heterocycles. The number of nitrogens with one attached hydrogen (secondary N) is 2. The fourth-order valence-electron chi connectivity index (χ4n) is 3.70. The number of aliphatic imine (C=N–C) groups is 1. The van der Waals surface area contributed by atoms with Gasteiger partial charge in [-0.05, 0) is 31.2 Å². The molecule has 7 nitrogen and oxygen atoms in total. The predicted molar refractivity (Wildman–Crippen MR) is 124 cm³/mol. The molecule has 0 saturated carbocycles. The van der Waals surface area contributed by atoms with E-state index in [0.29, 0.717) is 32.0 Å². The van der Waals surface area contributed by atoms with Crippen LogP contribution in [0.25, 0.3) is 0 Å². The van der Waals surface area contributed by atoms with Crippen molar-refractivity contribution >= 4 is 35.8 Å². The van der Waals surface area contributed by atoms with Crippen molar-refractivity contribution in [2.75, 3.05) is 64.8 Å². The molecule has 0 radical (unpaired) electrons. The molecule has 1 unspecified atom stereocenters. The minimum Gasteiger partial charge on any atom is -0.354 e. The quantitative estimate of drug-likeness (QED) is 0.337. The average molecular weight is 541 g/mol. The van der Waals surface area contributed by atoms with E-state index in [1.54, 1.807) is 7.05 Å². The number of likely N-dealkylation sites (N-methyl/N-ethyl adjacent to an activating group) is 1. The van der Waals surface area contributed by atoms with Gasteiger partial charge in [0.25, 0.3) is 0 Å². The van der Waals surface area contributed by atoms with E-state index < -0.39 is 12.7 Å². The molecule has 1 aromatic heterocycles. The molecule has 0 aromatic carbocycles. The van der Waals surface area contributed by atoms with Crippen molar-refractivity contribution in [3.63, 3.8) is 0 Å². The van der Waals surface area contributed by atoms with E-state index in [0.717, 1.165) is 37.6 Å². The monoisotopic (exact) mass is 541 g/mol. The maximum Gasteiger partial charge on any atom is 0.401 e. The molecule has 30 heavy (non-hydrogen) atoms. The minimum atomic E-state index is -4.16. The maximum atomic E-state index is 12.5. The van der Waals surface area contributed by atoms with Gasteiger partial charge in [-0.3, -0.25) is 9.89 Å². The summed E-state index contributed by atoms with van der Waals surface area (Å²) in [6, 6.07) is 3.99. The summed E-state index contributed by atoms with van der Waals surface area (Å²) in [7, 11) is 3.79. The number of anilines is 1. The number of hydrogen-bond acceptors (Lipinski definition) is 5. The first-order valence-electron chi connectivity index (χ1n) is 9.97. The Morgan fingerprint density at radius 3 is 2.63 bits per heavy atom. The largest absolute Gasteiger partial charge is 0.401 e. The highest BCUT2D eigenvalue weighted by atomic mass is 127. The summed E-state index contributed by atoms with van der Waals surface area (Å²) in [5.41, 5.74) is 1.09. The van der Waals surface area contributed by atoms with Crippen LogP contribution in [0.4, 0.5) is 19.0 Å². The molecule has 0 spiro atoms. The Labute approximate surface area is 193 Å². The van der Waals surface area contributed by atoms with Gasteiger partial charge in [0.1, 0.15) is 5.82 Å². The van der Waals surface area contributed by atoms with Gasteiger partial charge in [0.2, 0.25) is 0 Å². The normalized spacial score (nSPS) is 21.4. The number of likely N-dealkylation sites (tertiary alicyclic amines) is 1. The molecule has 2 N–H and O–H groups in total. The van der Waals surface area contributed by atoms with Crippen molar-refractivity contribution in [2.45, 2.75) is 25.2 Å². The molecule has 2 fully saturated rings. The molecule has 0 bridgehead atoms. The van der Waals surface area contributed by atoms with Gasteiger partial charge >= 0.3 is 6.18 Å². The van der Waals surface area contributed by atoms with Crippen LogP contribution in [-0.4, -0.2) is 92.9 Å². The molecule has 1 aromatic rings. The highest BCUT2D eigenvalue weighted by Crippen LogP contribution is 2.20. The molecule has 3 rings (SSSR count). The summed E-state index contributed by atoms with van der Waals surface area (Å²) in [4.78, 5) is 14.7. The Balaban J connectivity index is 0.00000320. The van der Waals surface area contributed by atoms with Crippen LogP contribution in [0, 0.1) is 0 Å². The van der Waals surface area contributed by atoms with Gasteiger partial charge in [-0.15, -0.1) is 24.0 Å². The molecule has 1 atom stereocenters. The van der Waals surface area contributed by atoms with Gasteiger partial charge < -0.3 is 20.4 Å². The highest BCUT2D eigenvalue weighted by molar-refractivity contribution is 14.0. The summed E-state index contributed by atoms with van der Waals surface area (Å²) in [5, 5.41) is 6.49. The zero-order valence-electron chi connectivity index (χ0n) is 17.5. The van der Waals surface area contributed by atoms with Crippen molar-refractivity contribution in [3.05, 3.63) is 23.9 Å². The third-order valence-corrected chi connectivity index (χ3v) is 5.34. The minimum absolute atomic E-state index is 0. The van der Waals surface area contributed by atoms with Gasteiger partial charge in [0, 0.05) is 65.1 Å². The number of halogens is 4. The predicted octanol–water partition coefficient (Wildman–Crippen LogP) is 1.75. The highest BCUT2D eigenvalue weighted by Gasteiger charge is 2.34. The van der Waals surface area contributed by atoms with Crippen LogP contribution in [0.1, 0.15) is 12.0 Å². The van der Waals surface area contributed by atoms with Crippen LogP contribution in [0.3, 0.4) is 0 Å². The summed E-state index contributed by atoms with van der Waals surface area (Å²) >= 11 is 0. The Morgan fingerprint density at radius 1 is 1.23 bits per heavy atom. The van der Waals surface area contributed by atoms with E-state index in [4.69, 9.17) is 0 Å². The van der Waals surface area contributed by atoms with Crippen molar-refractivity contribution in [2.24, 2.45) is 4.99 Å². The molecule has 3 heterocycles. The van der Waals surface area contributed by atoms with Crippen molar-refractivity contribution in [3.8, 4) is 0 Å². The van der Waals surface area contributed by atoms with E-state index in [1.807, 2.05) is 12.3 Å². The van der Waals surface area contributed by atoms with Crippen molar-refractivity contribution < 1.29 is 13.2 Å². The second-order valence-corrected chi connectivity index (χ2v) is 7.72. The van der Waals surface area contributed by atoms with Crippen LogP contribution < -0.4 is 15.5 Å². The molecule has 170 valence electrons. The number of piperazine rings is 1. The zero-order chi connectivity index (χ0) is 20.9. The van der Waals surface area contributed by atoms with E-state index in [2.05, 4.69) is 43.5 Å². The van der Waals surface area contributed by atoms with Crippen LogP contribution in [-0.2, 0) is 6.54 Å². The first kappa shape index (κ1) is 24.9. The molecule has 2 aliphatic rings. The van der Waals surface area contributed by atoms with Crippen molar-refractivity contribution in [1.29, 1.82) is 0 Å². The van der Waals surface area contributed by atoms with Gasteiger partial charge in [-0.1, -0.05) is 0 Å². The lowest BCUT2D eigenvalue weighted by Crippen LogP contribution is -2.45.